The van der Waals surface area contributed by atoms with E-state index in [0.29, 0.717) is 5.56 Å². The highest BCUT2D eigenvalue weighted by atomic mass is 35.5. The number of aryl methyl sites for hydroxylation is 1. The van der Waals surface area contributed by atoms with Gasteiger partial charge >= 0.3 is 0 Å². The standard InChI is InChI=1S/C16H11ClFNO/c1-9-2-3-11-6-10(4-5-15(11)19-9)12-7-13(17)14(18)8-16(12)20/h2-8,20H,1H3. The summed E-state index contributed by atoms with van der Waals surface area (Å²) in [6.45, 7) is 1.93. The van der Waals surface area contributed by atoms with Gasteiger partial charge in [-0.15, -0.1) is 0 Å². The third-order valence-corrected chi connectivity index (χ3v) is 3.47. The highest BCUT2D eigenvalue weighted by Crippen LogP contribution is 2.34. The summed E-state index contributed by atoms with van der Waals surface area (Å²) >= 11 is 5.78. The Morgan fingerprint density at radius 2 is 1.90 bits per heavy atom. The molecule has 1 N–H and O–H groups in total. The molecule has 2 aromatic carbocycles. The highest BCUT2D eigenvalue weighted by Gasteiger charge is 2.10. The van der Waals surface area contributed by atoms with Crippen LogP contribution in [-0.2, 0) is 0 Å². The van der Waals surface area contributed by atoms with E-state index < -0.39 is 5.82 Å². The lowest BCUT2D eigenvalue weighted by molar-refractivity contribution is 0.471. The first-order valence-electron chi connectivity index (χ1n) is 6.10. The van der Waals surface area contributed by atoms with E-state index in [4.69, 9.17) is 11.6 Å². The van der Waals surface area contributed by atoms with Gasteiger partial charge < -0.3 is 5.11 Å². The van der Waals surface area contributed by atoms with Crippen LogP contribution in [0.3, 0.4) is 0 Å². The molecular formula is C16H11ClFNO. The minimum atomic E-state index is -0.633. The molecular weight excluding hydrogens is 277 g/mol. The smallest absolute Gasteiger partial charge is 0.145 e. The zero-order chi connectivity index (χ0) is 14.3. The van der Waals surface area contributed by atoms with Gasteiger partial charge in [0.2, 0.25) is 0 Å². The summed E-state index contributed by atoms with van der Waals surface area (Å²) in [6.07, 6.45) is 0. The van der Waals surface area contributed by atoms with Crippen LogP contribution in [0.1, 0.15) is 5.69 Å². The Labute approximate surface area is 120 Å². The van der Waals surface area contributed by atoms with Crippen molar-refractivity contribution in [3.63, 3.8) is 0 Å². The fraction of sp³-hybridized carbons (Fsp3) is 0.0625. The third kappa shape index (κ3) is 2.21. The molecule has 1 heterocycles. The van der Waals surface area contributed by atoms with Crippen LogP contribution < -0.4 is 0 Å². The number of pyridine rings is 1. The van der Waals surface area contributed by atoms with Crippen molar-refractivity contribution in [2.45, 2.75) is 6.92 Å². The van der Waals surface area contributed by atoms with E-state index in [-0.39, 0.29) is 10.8 Å². The number of aromatic hydroxyl groups is 1. The van der Waals surface area contributed by atoms with Crippen LogP contribution in [0, 0.1) is 12.7 Å². The molecule has 20 heavy (non-hydrogen) atoms. The first-order valence-corrected chi connectivity index (χ1v) is 6.48. The van der Waals surface area contributed by atoms with Gasteiger partial charge in [0.25, 0.3) is 0 Å². The van der Waals surface area contributed by atoms with Crippen molar-refractivity contribution in [3.8, 4) is 16.9 Å². The summed E-state index contributed by atoms with van der Waals surface area (Å²) in [5, 5.41) is 10.8. The van der Waals surface area contributed by atoms with Gasteiger partial charge in [-0.2, -0.15) is 0 Å². The normalized spacial score (nSPS) is 10.9. The maximum atomic E-state index is 13.3. The van der Waals surface area contributed by atoms with Gasteiger partial charge in [-0.05, 0) is 36.8 Å². The number of halogens is 2. The molecule has 0 spiro atoms. The number of hydrogen-bond acceptors (Lipinski definition) is 2. The molecule has 0 aliphatic heterocycles. The van der Waals surface area contributed by atoms with Crippen molar-refractivity contribution in [1.82, 2.24) is 4.98 Å². The number of phenolic OH excluding ortho intramolecular Hbond substituents is 1. The lowest BCUT2D eigenvalue weighted by Crippen LogP contribution is -1.86. The second kappa shape index (κ2) is 4.76. The van der Waals surface area contributed by atoms with E-state index in [0.717, 1.165) is 28.2 Å². The van der Waals surface area contributed by atoms with E-state index in [2.05, 4.69) is 4.98 Å². The van der Waals surface area contributed by atoms with Crippen molar-refractivity contribution in [1.29, 1.82) is 0 Å². The molecule has 0 fully saturated rings. The quantitative estimate of drug-likeness (QED) is 0.703. The second-order valence-electron chi connectivity index (χ2n) is 4.64. The van der Waals surface area contributed by atoms with E-state index in [1.54, 1.807) is 0 Å². The first kappa shape index (κ1) is 12.9. The molecule has 3 rings (SSSR count). The molecule has 4 heteroatoms. The number of benzene rings is 2. The Balaban J connectivity index is 2.20. The van der Waals surface area contributed by atoms with Crippen molar-refractivity contribution < 1.29 is 9.50 Å². The molecule has 0 aliphatic carbocycles. The van der Waals surface area contributed by atoms with Crippen LogP contribution in [0.15, 0.2) is 42.5 Å². The van der Waals surface area contributed by atoms with Gasteiger partial charge in [0.15, 0.2) is 0 Å². The number of rotatable bonds is 1. The van der Waals surface area contributed by atoms with E-state index in [9.17, 15) is 9.50 Å². The Bertz CT molecular complexity index is 817. The zero-order valence-corrected chi connectivity index (χ0v) is 11.4. The monoisotopic (exact) mass is 287 g/mol. The number of nitrogens with zero attached hydrogens (tertiary/aromatic N) is 1. The third-order valence-electron chi connectivity index (χ3n) is 3.18. The van der Waals surface area contributed by atoms with Crippen LogP contribution in [0.25, 0.3) is 22.0 Å². The molecule has 0 bridgehead atoms. The molecule has 0 aliphatic rings. The Morgan fingerprint density at radius 3 is 2.70 bits per heavy atom. The van der Waals surface area contributed by atoms with E-state index in [1.807, 2.05) is 37.3 Å². The second-order valence-corrected chi connectivity index (χ2v) is 5.05. The maximum Gasteiger partial charge on any atom is 0.145 e. The summed E-state index contributed by atoms with van der Waals surface area (Å²) in [7, 11) is 0. The number of aromatic nitrogens is 1. The van der Waals surface area contributed by atoms with Crippen LogP contribution in [-0.4, -0.2) is 10.1 Å². The van der Waals surface area contributed by atoms with Gasteiger partial charge in [0, 0.05) is 22.7 Å². The molecule has 0 saturated carbocycles. The molecule has 0 atom stereocenters. The largest absolute Gasteiger partial charge is 0.507 e. The van der Waals surface area contributed by atoms with Gasteiger partial charge in [0.1, 0.15) is 11.6 Å². The lowest BCUT2D eigenvalue weighted by atomic mass is 10.0. The predicted octanol–water partition coefficient (Wildman–Crippen LogP) is 4.71. The topological polar surface area (TPSA) is 33.1 Å². The predicted molar refractivity (Wildman–Crippen MR) is 78.5 cm³/mol. The lowest BCUT2D eigenvalue weighted by Gasteiger charge is -2.08. The average molecular weight is 288 g/mol. The molecule has 0 unspecified atom stereocenters. The van der Waals surface area contributed by atoms with Crippen molar-refractivity contribution in [2.75, 3.05) is 0 Å². The SMILES string of the molecule is Cc1ccc2cc(-c3cc(Cl)c(F)cc3O)ccc2n1. The summed E-state index contributed by atoms with van der Waals surface area (Å²) in [4.78, 5) is 4.42. The van der Waals surface area contributed by atoms with Crippen molar-refractivity contribution >= 4 is 22.5 Å². The molecule has 1 aromatic heterocycles. The average Bonchev–Trinajstić information content (AvgIpc) is 2.42. The number of hydrogen-bond donors (Lipinski definition) is 1. The van der Waals surface area contributed by atoms with Gasteiger partial charge in [-0.1, -0.05) is 23.7 Å². The minimum absolute atomic E-state index is 0.0140. The van der Waals surface area contributed by atoms with Crippen LogP contribution in [0.2, 0.25) is 5.02 Å². The minimum Gasteiger partial charge on any atom is -0.507 e. The maximum absolute atomic E-state index is 13.3. The molecule has 100 valence electrons. The molecule has 0 saturated heterocycles. The summed E-state index contributed by atoms with van der Waals surface area (Å²) in [5.41, 5.74) is 3.08. The number of phenols is 1. The molecule has 0 amide bonds. The Kier molecular flexibility index (Phi) is 3.07. The highest BCUT2D eigenvalue weighted by molar-refractivity contribution is 6.31. The fourth-order valence-electron chi connectivity index (χ4n) is 2.16. The summed E-state index contributed by atoms with van der Waals surface area (Å²) < 4.78 is 13.3. The molecule has 2 nitrogen and oxygen atoms in total. The summed E-state index contributed by atoms with van der Waals surface area (Å²) in [5.74, 6) is -0.766. The van der Waals surface area contributed by atoms with Gasteiger partial charge in [-0.25, -0.2) is 4.39 Å². The van der Waals surface area contributed by atoms with Gasteiger partial charge in [-0.3, -0.25) is 4.98 Å². The number of fused-ring (bicyclic) bond motifs is 1. The van der Waals surface area contributed by atoms with Crippen molar-refractivity contribution in [3.05, 3.63) is 59.0 Å². The molecule has 3 aromatic rings. The van der Waals surface area contributed by atoms with E-state index in [1.165, 1.54) is 6.07 Å². The molecule has 0 radical (unpaired) electrons. The van der Waals surface area contributed by atoms with Crippen molar-refractivity contribution in [2.24, 2.45) is 0 Å². The van der Waals surface area contributed by atoms with E-state index >= 15 is 0 Å². The zero-order valence-electron chi connectivity index (χ0n) is 10.7. The van der Waals surface area contributed by atoms with Gasteiger partial charge in [0.05, 0.1) is 10.5 Å². The van der Waals surface area contributed by atoms with Crippen LogP contribution in [0.4, 0.5) is 4.39 Å². The Morgan fingerprint density at radius 1 is 1.10 bits per heavy atom. The summed E-state index contributed by atoms with van der Waals surface area (Å²) in [6, 6.07) is 11.9. The Hall–Kier alpha value is -2.13. The van der Waals surface area contributed by atoms with Crippen LogP contribution in [0.5, 0.6) is 5.75 Å². The first-order chi connectivity index (χ1) is 9.54. The fourth-order valence-corrected chi connectivity index (χ4v) is 2.33. The van der Waals surface area contributed by atoms with Crippen LogP contribution >= 0.6 is 11.6 Å².